The molecule has 0 heterocycles. The van der Waals surface area contributed by atoms with E-state index in [1.807, 2.05) is 0 Å². The molecule has 0 saturated heterocycles. The van der Waals surface area contributed by atoms with Crippen LogP contribution in [-0.2, 0) is 0 Å². The van der Waals surface area contributed by atoms with E-state index in [1.165, 1.54) is 0 Å². The summed E-state index contributed by atoms with van der Waals surface area (Å²) in [5, 5.41) is 27.3. The molecule has 0 spiro atoms. The summed E-state index contributed by atoms with van der Waals surface area (Å²) in [6, 6.07) is 0. The second kappa shape index (κ2) is 4.04. The van der Waals surface area contributed by atoms with Gasteiger partial charge in [-0.3, -0.25) is 0 Å². The summed E-state index contributed by atoms with van der Waals surface area (Å²) in [5.41, 5.74) is -0.880. The maximum absolute atomic E-state index is 9.44. The van der Waals surface area contributed by atoms with Gasteiger partial charge >= 0.3 is 0 Å². The van der Waals surface area contributed by atoms with Crippen molar-refractivity contribution in [2.24, 2.45) is 5.92 Å². The van der Waals surface area contributed by atoms with Crippen LogP contribution in [0.3, 0.4) is 0 Å². The maximum atomic E-state index is 9.44. The molecule has 0 saturated carbocycles. The van der Waals surface area contributed by atoms with Crippen LogP contribution in [0.5, 0.6) is 0 Å². The molecule has 0 rings (SSSR count). The van der Waals surface area contributed by atoms with E-state index in [2.05, 4.69) is 0 Å². The highest BCUT2D eigenvalue weighted by Gasteiger charge is 2.28. The zero-order chi connectivity index (χ0) is 9.07. The fourth-order valence-electron chi connectivity index (χ4n) is 0.853. The molecule has 2 atom stereocenters. The van der Waals surface area contributed by atoms with Crippen molar-refractivity contribution >= 4 is 0 Å². The minimum absolute atomic E-state index is 0.0401. The average Bonchev–Trinajstić information content (AvgIpc) is 1.85. The molecule has 0 aliphatic rings. The Hall–Kier alpha value is -0.120. The van der Waals surface area contributed by atoms with Gasteiger partial charge in [-0.1, -0.05) is 6.92 Å². The lowest BCUT2D eigenvalue weighted by atomic mass is 9.87. The van der Waals surface area contributed by atoms with Crippen molar-refractivity contribution in [3.8, 4) is 0 Å². The second-order valence-electron chi connectivity index (χ2n) is 3.52. The van der Waals surface area contributed by atoms with Gasteiger partial charge < -0.3 is 15.3 Å². The Morgan fingerprint density at radius 1 is 1.36 bits per heavy atom. The molecule has 0 aromatic rings. The molecule has 0 fully saturated rings. The van der Waals surface area contributed by atoms with E-state index in [1.54, 1.807) is 20.8 Å². The van der Waals surface area contributed by atoms with Crippen LogP contribution in [0.25, 0.3) is 0 Å². The lowest BCUT2D eigenvalue weighted by Gasteiger charge is -2.29. The van der Waals surface area contributed by atoms with E-state index in [0.717, 1.165) is 0 Å². The molecule has 0 amide bonds. The molecular formula is C8H18O3. The monoisotopic (exact) mass is 162 g/mol. The van der Waals surface area contributed by atoms with Crippen molar-refractivity contribution in [3.63, 3.8) is 0 Å². The van der Waals surface area contributed by atoms with E-state index < -0.39 is 11.7 Å². The molecule has 3 heteroatoms. The van der Waals surface area contributed by atoms with Gasteiger partial charge in [0.1, 0.15) is 0 Å². The largest absolute Gasteiger partial charge is 0.396 e. The number of aliphatic hydroxyl groups excluding tert-OH is 2. The number of hydrogen-bond donors (Lipinski definition) is 3. The van der Waals surface area contributed by atoms with Crippen molar-refractivity contribution in [3.05, 3.63) is 0 Å². The van der Waals surface area contributed by atoms with Gasteiger partial charge in [0, 0.05) is 12.5 Å². The molecule has 11 heavy (non-hydrogen) atoms. The third kappa shape index (κ3) is 3.70. The summed E-state index contributed by atoms with van der Waals surface area (Å²) in [6.45, 7) is 5.03. The van der Waals surface area contributed by atoms with Crippen LogP contribution in [-0.4, -0.2) is 33.6 Å². The van der Waals surface area contributed by atoms with E-state index in [9.17, 15) is 10.2 Å². The van der Waals surface area contributed by atoms with Crippen molar-refractivity contribution < 1.29 is 15.3 Å². The molecule has 0 aromatic heterocycles. The van der Waals surface area contributed by atoms with Crippen molar-refractivity contribution in [2.45, 2.75) is 38.9 Å². The van der Waals surface area contributed by atoms with Gasteiger partial charge in [-0.25, -0.2) is 0 Å². The Morgan fingerprint density at radius 3 is 2.09 bits per heavy atom. The van der Waals surface area contributed by atoms with Crippen LogP contribution in [0.15, 0.2) is 0 Å². The summed E-state index contributed by atoms with van der Waals surface area (Å²) in [6.07, 6.45) is -0.300. The van der Waals surface area contributed by atoms with Crippen molar-refractivity contribution in [1.82, 2.24) is 0 Å². The van der Waals surface area contributed by atoms with Gasteiger partial charge in [0.25, 0.3) is 0 Å². The smallest absolute Gasteiger partial charge is 0.0641 e. The minimum Gasteiger partial charge on any atom is -0.396 e. The summed E-state index contributed by atoms with van der Waals surface area (Å²) in [7, 11) is 0. The zero-order valence-corrected chi connectivity index (χ0v) is 7.41. The quantitative estimate of drug-likeness (QED) is 0.551. The lowest BCUT2D eigenvalue weighted by Crippen LogP contribution is -2.37. The first-order valence-corrected chi connectivity index (χ1v) is 3.91. The molecule has 68 valence electrons. The third-order valence-electron chi connectivity index (χ3n) is 2.12. The van der Waals surface area contributed by atoms with Gasteiger partial charge in [-0.05, 0) is 20.3 Å². The van der Waals surface area contributed by atoms with E-state index in [0.29, 0.717) is 6.42 Å². The fraction of sp³-hybridized carbons (Fsp3) is 1.00. The first-order valence-electron chi connectivity index (χ1n) is 3.91. The molecule has 3 nitrogen and oxygen atoms in total. The number of aliphatic hydroxyl groups is 3. The molecular weight excluding hydrogens is 144 g/mol. The first-order chi connectivity index (χ1) is 4.89. The molecule has 0 aliphatic carbocycles. The standard InChI is InChI=1S/C8H18O3/c1-6(8(2,3)11)7(10)4-5-9/h6-7,9-11H,4-5H2,1-3H3. The Balaban J connectivity index is 3.91. The SMILES string of the molecule is CC(C(O)CCO)C(C)(C)O. The van der Waals surface area contributed by atoms with Crippen LogP contribution >= 0.6 is 0 Å². The van der Waals surface area contributed by atoms with E-state index >= 15 is 0 Å². The Kier molecular flexibility index (Phi) is 4.00. The van der Waals surface area contributed by atoms with Crippen LogP contribution in [0, 0.1) is 5.92 Å². The summed E-state index contributed by atoms with van der Waals surface area (Å²) >= 11 is 0. The van der Waals surface area contributed by atoms with Gasteiger partial charge in [0.2, 0.25) is 0 Å². The highest BCUT2D eigenvalue weighted by atomic mass is 16.3. The van der Waals surface area contributed by atoms with Crippen LogP contribution in [0.1, 0.15) is 27.2 Å². The van der Waals surface area contributed by atoms with Gasteiger partial charge in [-0.15, -0.1) is 0 Å². The Morgan fingerprint density at radius 2 is 1.82 bits per heavy atom. The molecule has 0 radical (unpaired) electrons. The van der Waals surface area contributed by atoms with Gasteiger partial charge in [0.05, 0.1) is 11.7 Å². The summed E-state index contributed by atoms with van der Waals surface area (Å²) < 4.78 is 0. The molecule has 0 bridgehead atoms. The fourth-order valence-corrected chi connectivity index (χ4v) is 0.853. The Labute approximate surface area is 67.7 Å². The first kappa shape index (κ1) is 10.9. The third-order valence-corrected chi connectivity index (χ3v) is 2.12. The van der Waals surface area contributed by atoms with Crippen molar-refractivity contribution in [2.75, 3.05) is 6.61 Å². The van der Waals surface area contributed by atoms with Crippen molar-refractivity contribution in [1.29, 1.82) is 0 Å². The zero-order valence-electron chi connectivity index (χ0n) is 7.41. The molecule has 3 N–H and O–H groups in total. The van der Waals surface area contributed by atoms with Gasteiger partial charge in [0.15, 0.2) is 0 Å². The number of rotatable bonds is 4. The van der Waals surface area contributed by atoms with E-state index in [-0.39, 0.29) is 12.5 Å². The number of hydrogen-bond acceptors (Lipinski definition) is 3. The normalized spacial score (nSPS) is 18.0. The van der Waals surface area contributed by atoms with Gasteiger partial charge in [-0.2, -0.15) is 0 Å². The van der Waals surface area contributed by atoms with Crippen LogP contribution in [0.4, 0.5) is 0 Å². The summed E-state index contributed by atoms with van der Waals surface area (Å²) in [5.74, 6) is -0.213. The van der Waals surface area contributed by atoms with Crippen LogP contribution < -0.4 is 0 Å². The molecule has 2 unspecified atom stereocenters. The predicted molar refractivity (Wildman–Crippen MR) is 43.2 cm³/mol. The topological polar surface area (TPSA) is 60.7 Å². The second-order valence-corrected chi connectivity index (χ2v) is 3.52. The lowest BCUT2D eigenvalue weighted by molar-refractivity contribution is -0.0442. The summed E-state index contributed by atoms with van der Waals surface area (Å²) in [4.78, 5) is 0. The Bertz CT molecular complexity index is 106. The van der Waals surface area contributed by atoms with Crippen LogP contribution in [0.2, 0.25) is 0 Å². The minimum atomic E-state index is -0.880. The highest BCUT2D eigenvalue weighted by molar-refractivity contribution is 4.79. The molecule has 0 aliphatic heterocycles. The average molecular weight is 162 g/mol. The predicted octanol–water partition coefficient (Wildman–Crippen LogP) is 0.137. The maximum Gasteiger partial charge on any atom is 0.0641 e. The van der Waals surface area contributed by atoms with E-state index in [4.69, 9.17) is 5.11 Å². The molecule has 0 aromatic carbocycles. The highest BCUT2D eigenvalue weighted by Crippen LogP contribution is 2.20.